The van der Waals surface area contributed by atoms with Gasteiger partial charge in [0.15, 0.2) is 5.96 Å². The number of rotatable bonds is 4. The van der Waals surface area contributed by atoms with E-state index in [1.54, 1.807) is 0 Å². The maximum Gasteiger partial charge on any atom is 0.193 e. The van der Waals surface area contributed by atoms with Gasteiger partial charge in [-0.25, -0.2) is 0 Å². The number of ether oxygens (including phenoxy) is 1. The minimum Gasteiger partial charge on any atom is -0.372 e. The maximum atomic E-state index is 6.07. The van der Waals surface area contributed by atoms with Crippen LogP contribution in [-0.2, 0) is 4.74 Å². The molecule has 0 aromatic carbocycles. The molecule has 1 aliphatic rings. The second-order valence-corrected chi connectivity index (χ2v) is 7.67. The third-order valence-corrected chi connectivity index (χ3v) is 4.39. The van der Waals surface area contributed by atoms with Crippen LogP contribution < -0.4 is 5.32 Å². The van der Waals surface area contributed by atoms with Crippen molar-refractivity contribution in [3.05, 3.63) is 0 Å². The lowest BCUT2D eigenvalue weighted by Gasteiger charge is -2.37. The topological polar surface area (TPSA) is 36.9 Å². The third kappa shape index (κ3) is 8.50. The summed E-state index contributed by atoms with van der Waals surface area (Å²) in [6, 6.07) is 0. The van der Waals surface area contributed by atoms with Crippen LogP contribution in [-0.4, -0.2) is 60.8 Å². The van der Waals surface area contributed by atoms with Crippen LogP contribution in [0.5, 0.6) is 0 Å². The Morgan fingerprint density at radius 3 is 2.38 bits per heavy atom. The summed E-state index contributed by atoms with van der Waals surface area (Å²) in [5.74, 6) is 1.03. The molecule has 1 heterocycles. The van der Waals surface area contributed by atoms with E-state index in [-0.39, 0.29) is 29.6 Å². The Labute approximate surface area is 151 Å². The lowest BCUT2D eigenvalue weighted by molar-refractivity contribution is -0.0772. The molecule has 0 saturated carbocycles. The van der Waals surface area contributed by atoms with E-state index in [0.29, 0.717) is 11.4 Å². The molecule has 0 amide bonds. The minimum absolute atomic E-state index is 0. The molecular weight excluding hydrogens is 397 g/mol. The zero-order valence-electron chi connectivity index (χ0n) is 14.3. The molecule has 1 N–H and O–H groups in total. The molecular formula is C15H32IN3OS. The Balaban J connectivity index is 0.00000400. The van der Waals surface area contributed by atoms with Gasteiger partial charge in [-0.2, -0.15) is 11.8 Å². The highest BCUT2D eigenvalue weighted by Gasteiger charge is 2.25. The van der Waals surface area contributed by atoms with E-state index in [0.717, 1.165) is 38.4 Å². The number of likely N-dealkylation sites (tertiary alicyclic amines) is 1. The maximum absolute atomic E-state index is 6.07. The van der Waals surface area contributed by atoms with E-state index in [1.165, 1.54) is 0 Å². The Bertz CT molecular complexity index is 313. The number of hydrogen-bond acceptors (Lipinski definition) is 3. The van der Waals surface area contributed by atoms with Crippen molar-refractivity contribution in [3.63, 3.8) is 0 Å². The molecule has 1 fully saturated rings. The molecule has 0 radical (unpaired) electrons. The summed E-state index contributed by atoms with van der Waals surface area (Å²) in [5.41, 5.74) is -0.0411. The quantitative estimate of drug-likeness (QED) is 0.423. The lowest BCUT2D eigenvalue weighted by atomic mass is 10.1. The van der Waals surface area contributed by atoms with Crippen LogP contribution in [0.25, 0.3) is 0 Å². The van der Waals surface area contributed by atoms with Crippen molar-refractivity contribution < 1.29 is 4.74 Å². The first-order valence-electron chi connectivity index (χ1n) is 7.52. The van der Waals surface area contributed by atoms with Gasteiger partial charge in [-0.05, 0) is 39.9 Å². The first-order valence-corrected chi connectivity index (χ1v) is 8.80. The van der Waals surface area contributed by atoms with Gasteiger partial charge in [0.2, 0.25) is 0 Å². The minimum atomic E-state index is -0.0411. The number of aliphatic imine (C=N–C) groups is 1. The molecule has 4 nitrogen and oxygen atoms in total. The van der Waals surface area contributed by atoms with Gasteiger partial charge in [0.25, 0.3) is 0 Å². The first-order chi connectivity index (χ1) is 9.35. The molecule has 6 heteroatoms. The van der Waals surface area contributed by atoms with Crippen molar-refractivity contribution in [1.29, 1.82) is 0 Å². The average Bonchev–Trinajstić information content (AvgIpc) is 2.39. The zero-order valence-corrected chi connectivity index (χ0v) is 17.5. The van der Waals surface area contributed by atoms with Crippen LogP contribution in [0.1, 0.15) is 40.5 Å². The average molecular weight is 429 g/mol. The number of guanidine groups is 1. The predicted octanol–water partition coefficient (Wildman–Crippen LogP) is 3.21. The largest absolute Gasteiger partial charge is 0.372 e. The van der Waals surface area contributed by atoms with E-state index in [9.17, 15) is 0 Å². The normalized spacial score (nSPS) is 19.1. The van der Waals surface area contributed by atoms with Crippen LogP contribution in [0.2, 0.25) is 0 Å². The van der Waals surface area contributed by atoms with E-state index < -0.39 is 0 Å². The van der Waals surface area contributed by atoms with Crippen molar-refractivity contribution in [2.45, 2.75) is 57.5 Å². The summed E-state index contributed by atoms with van der Waals surface area (Å²) in [4.78, 5) is 6.74. The molecule has 0 aliphatic carbocycles. The Morgan fingerprint density at radius 2 is 1.95 bits per heavy atom. The fourth-order valence-electron chi connectivity index (χ4n) is 2.34. The van der Waals surface area contributed by atoms with Crippen molar-refractivity contribution >= 4 is 41.7 Å². The fourth-order valence-corrected chi connectivity index (χ4v) is 2.59. The van der Waals surface area contributed by atoms with Gasteiger partial charge in [-0.3, -0.25) is 4.99 Å². The van der Waals surface area contributed by atoms with Gasteiger partial charge >= 0.3 is 0 Å². The molecule has 0 bridgehead atoms. The highest BCUT2D eigenvalue weighted by molar-refractivity contribution is 14.0. The first kappa shape index (κ1) is 21.3. The van der Waals surface area contributed by atoms with Crippen LogP contribution in [0.3, 0.4) is 0 Å². The van der Waals surface area contributed by atoms with Crippen LogP contribution in [0.4, 0.5) is 0 Å². The van der Waals surface area contributed by atoms with Gasteiger partial charge in [0, 0.05) is 31.9 Å². The molecule has 1 atom stereocenters. The third-order valence-electron chi connectivity index (χ3n) is 3.42. The van der Waals surface area contributed by atoms with Gasteiger partial charge in [-0.1, -0.05) is 6.92 Å². The van der Waals surface area contributed by atoms with Crippen LogP contribution in [0, 0.1) is 0 Å². The van der Waals surface area contributed by atoms with E-state index >= 15 is 0 Å². The standard InChI is InChI=1S/C15H31N3OS.HI/c1-12(20-6)11-17-14(16-5)18-9-7-13(8-10-18)19-15(2,3)4;/h12-13H,7-11H2,1-6H3,(H,16,17);1H. The van der Waals surface area contributed by atoms with Gasteiger partial charge in [0.1, 0.15) is 0 Å². The summed E-state index contributed by atoms with van der Waals surface area (Å²) in [6.07, 6.45) is 4.69. The van der Waals surface area contributed by atoms with Crippen molar-refractivity contribution in [1.82, 2.24) is 10.2 Å². The zero-order chi connectivity index (χ0) is 15.2. The lowest BCUT2D eigenvalue weighted by Crippen LogP contribution is -2.48. The number of nitrogens with one attached hydrogen (secondary N) is 1. The van der Waals surface area contributed by atoms with Crippen molar-refractivity contribution in [3.8, 4) is 0 Å². The molecule has 21 heavy (non-hydrogen) atoms. The molecule has 0 aromatic heterocycles. The Morgan fingerprint density at radius 1 is 1.38 bits per heavy atom. The molecule has 1 unspecified atom stereocenters. The van der Waals surface area contributed by atoms with Crippen molar-refractivity contribution in [2.24, 2.45) is 4.99 Å². The second-order valence-electron chi connectivity index (χ2n) is 6.39. The summed E-state index contributed by atoms with van der Waals surface area (Å²) in [7, 11) is 1.86. The number of hydrogen-bond donors (Lipinski definition) is 1. The van der Waals surface area contributed by atoms with Crippen LogP contribution in [0.15, 0.2) is 4.99 Å². The number of nitrogens with zero attached hydrogens (tertiary/aromatic N) is 2. The molecule has 1 aliphatic heterocycles. The number of halogens is 1. The van der Waals surface area contributed by atoms with Gasteiger partial charge in [-0.15, -0.1) is 24.0 Å². The highest BCUT2D eigenvalue weighted by atomic mass is 127. The fraction of sp³-hybridized carbons (Fsp3) is 0.933. The number of thioether (sulfide) groups is 1. The van der Waals surface area contributed by atoms with E-state index in [2.05, 4.69) is 49.2 Å². The van der Waals surface area contributed by atoms with E-state index in [1.807, 2.05) is 18.8 Å². The summed E-state index contributed by atoms with van der Waals surface area (Å²) < 4.78 is 6.07. The summed E-state index contributed by atoms with van der Waals surface area (Å²) in [6.45, 7) is 11.6. The SMILES string of the molecule is CN=C(NCC(C)SC)N1CCC(OC(C)(C)C)CC1.I. The van der Waals surface area contributed by atoms with Crippen molar-refractivity contribution in [2.75, 3.05) is 32.9 Å². The monoisotopic (exact) mass is 429 g/mol. The Hall–Kier alpha value is 0.310. The number of piperidine rings is 1. The van der Waals surface area contributed by atoms with Gasteiger partial charge in [0.05, 0.1) is 11.7 Å². The van der Waals surface area contributed by atoms with E-state index in [4.69, 9.17) is 4.74 Å². The molecule has 126 valence electrons. The Kier molecular flexibility index (Phi) is 10.3. The molecule has 0 aromatic rings. The molecule has 1 rings (SSSR count). The highest BCUT2D eigenvalue weighted by Crippen LogP contribution is 2.20. The molecule has 0 spiro atoms. The predicted molar refractivity (Wildman–Crippen MR) is 105 cm³/mol. The smallest absolute Gasteiger partial charge is 0.193 e. The van der Waals surface area contributed by atoms with Gasteiger partial charge < -0.3 is 15.0 Å². The molecule has 1 saturated heterocycles. The summed E-state index contributed by atoms with van der Waals surface area (Å²) >= 11 is 1.87. The second kappa shape index (κ2) is 10.2. The summed E-state index contributed by atoms with van der Waals surface area (Å²) in [5, 5.41) is 4.07. The van der Waals surface area contributed by atoms with Crippen LogP contribution >= 0.6 is 35.7 Å².